The number of primary sulfonamides is 1. The predicted octanol–water partition coefficient (Wildman–Crippen LogP) is 2.12. The molecule has 8 nitrogen and oxygen atoms in total. The number of nitrogens with zero attached hydrogens (tertiary/aromatic N) is 1. The number of aromatic nitrogens is 2. The van der Waals surface area contributed by atoms with Crippen molar-refractivity contribution in [2.75, 3.05) is 12.4 Å². The maximum absolute atomic E-state index is 12.9. The third kappa shape index (κ3) is 4.13. The molecule has 4 N–H and O–H groups in total. The number of amides is 1. The molecule has 1 aromatic heterocycles. The van der Waals surface area contributed by atoms with Crippen LogP contribution in [0.15, 0.2) is 53.4 Å². The number of ether oxygens (including phenoxy) is 1. The van der Waals surface area contributed by atoms with Crippen LogP contribution in [0, 0.1) is 5.82 Å². The Balaban J connectivity index is 1.87. The summed E-state index contributed by atoms with van der Waals surface area (Å²) in [6.07, 6.45) is 0. The van der Waals surface area contributed by atoms with Crippen LogP contribution in [0.25, 0.3) is 11.3 Å². The number of rotatable bonds is 5. The molecule has 0 radical (unpaired) electrons. The van der Waals surface area contributed by atoms with E-state index < -0.39 is 21.7 Å². The Kier molecular flexibility index (Phi) is 4.93. The molecule has 0 saturated carbocycles. The molecule has 0 spiro atoms. The molecule has 0 aliphatic heterocycles. The minimum absolute atomic E-state index is 0.103. The van der Waals surface area contributed by atoms with Crippen LogP contribution in [-0.4, -0.2) is 31.6 Å². The van der Waals surface area contributed by atoms with E-state index in [9.17, 15) is 17.6 Å². The molecule has 0 aliphatic carbocycles. The molecule has 1 amide bonds. The number of benzene rings is 2. The van der Waals surface area contributed by atoms with Gasteiger partial charge in [-0.2, -0.15) is 5.10 Å². The molecule has 27 heavy (non-hydrogen) atoms. The Morgan fingerprint density at radius 1 is 1.19 bits per heavy atom. The van der Waals surface area contributed by atoms with Gasteiger partial charge in [0.2, 0.25) is 10.0 Å². The third-order valence-electron chi connectivity index (χ3n) is 3.69. The second-order valence-electron chi connectivity index (χ2n) is 5.54. The van der Waals surface area contributed by atoms with Gasteiger partial charge in [0.1, 0.15) is 22.2 Å². The van der Waals surface area contributed by atoms with Crippen molar-refractivity contribution in [1.29, 1.82) is 0 Å². The standard InChI is InChI=1S/C17H15FN4O4S/c1-26-15-7-2-10(8-16(15)27(19,24)25)13-9-14(22-21-13)17(23)20-12-5-3-11(18)4-6-12/h2-9H,1H3,(H,20,23)(H,21,22)(H2,19,24,25). The Morgan fingerprint density at radius 3 is 2.52 bits per heavy atom. The fraction of sp³-hybridized carbons (Fsp3) is 0.0588. The summed E-state index contributed by atoms with van der Waals surface area (Å²) >= 11 is 0. The highest BCUT2D eigenvalue weighted by Gasteiger charge is 2.18. The average molecular weight is 390 g/mol. The van der Waals surface area contributed by atoms with E-state index >= 15 is 0 Å². The van der Waals surface area contributed by atoms with Crippen LogP contribution in [0.2, 0.25) is 0 Å². The van der Waals surface area contributed by atoms with Crippen LogP contribution in [-0.2, 0) is 10.0 Å². The van der Waals surface area contributed by atoms with E-state index in [0.717, 1.165) is 0 Å². The molecular formula is C17H15FN4O4S. The molecule has 3 rings (SSSR count). The summed E-state index contributed by atoms with van der Waals surface area (Å²) in [5.74, 6) is -0.798. The summed E-state index contributed by atoms with van der Waals surface area (Å²) in [6, 6.07) is 11.1. The minimum Gasteiger partial charge on any atom is -0.495 e. The summed E-state index contributed by atoms with van der Waals surface area (Å²) in [5, 5.41) is 14.4. The summed E-state index contributed by atoms with van der Waals surface area (Å²) in [5.41, 5.74) is 1.32. The topological polar surface area (TPSA) is 127 Å². The van der Waals surface area contributed by atoms with Gasteiger partial charge in [-0.1, -0.05) is 0 Å². The maximum Gasteiger partial charge on any atom is 0.273 e. The van der Waals surface area contributed by atoms with Gasteiger partial charge in [-0.15, -0.1) is 0 Å². The fourth-order valence-electron chi connectivity index (χ4n) is 2.38. The van der Waals surface area contributed by atoms with Crippen LogP contribution < -0.4 is 15.2 Å². The Bertz CT molecular complexity index is 1090. The van der Waals surface area contributed by atoms with Gasteiger partial charge in [-0.3, -0.25) is 9.89 Å². The second kappa shape index (κ2) is 7.17. The number of hydrogen-bond donors (Lipinski definition) is 3. The zero-order valence-corrected chi connectivity index (χ0v) is 14.9. The van der Waals surface area contributed by atoms with Crippen molar-refractivity contribution in [2.24, 2.45) is 5.14 Å². The quantitative estimate of drug-likeness (QED) is 0.615. The van der Waals surface area contributed by atoms with Crippen molar-refractivity contribution >= 4 is 21.6 Å². The van der Waals surface area contributed by atoms with Gasteiger partial charge in [-0.25, -0.2) is 17.9 Å². The number of aromatic amines is 1. The van der Waals surface area contributed by atoms with Crippen molar-refractivity contribution in [2.45, 2.75) is 4.90 Å². The highest BCUT2D eigenvalue weighted by molar-refractivity contribution is 7.89. The molecule has 140 valence electrons. The lowest BCUT2D eigenvalue weighted by atomic mass is 10.1. The van der Waals surface area contributed by atoms with Gasteiger partial charge in [-0.05, 0) is 48.5 Å². The van der Waals surface area contributed by atoms with Crippen LogP contribution in [0.5, 0.6) is 5.75 Å². The van der Waals surface area contributed by atoms with E-state index in [1.807, 2.05) is 0 Å². The number of H-pyrrole nitrogens is 1. The number of carbonyl (C=O) groups is 1. The number of methoxy groups -OCH3 is 1. The minimum atomic E-state index is -4.00. The maximum atomic E-state index is 12.9. The predicted molar refractivity (Wildman–Crippen MR) is 96.3 cm³/mol. The fourth-order valence-corrected chi connectivity index (χ4v) is 3.10. The summed E-state index contributed by atoms with van der Waals surface area (Å²) < 4.78 is 41.4. The second-order valence-corrected chi connectivity index (χ2v) is 7.07. The molecule has 0 saturated heterocycles. The van der Waals surface area contributed by atoms with Crippen molar-refractivity contribution < 1.29 is 22.3 Å². The first kappa shape index (κ1) is 18.5. The first-order chi connectivity index (χ1) is 12.8. The van der Waals surface area contributed by atoms with Gasteiger partial charge in [0.25, 0.3) is 5.91 Å². The average Bonchev–Trinajstić information content (AvgIpc) is 3.12. The molecule has 2 aromatic carbocycles. The Labute approximate surface area is 154 Å². The molecule has 0 atom stereocenters. The first-order valence-electron chi connectivity index (χ1n) is 7.61. The molecule has 3 aromatic rings. The van der Waals surface area contributed by atoms with Gasteiger partial charge >= 0.3 is 0 Å². The number of nitrogens with two attached hydrogens (primary N) is 1. The summed E-state index contributed by atoms with van der Waals surface area (Å²) in [6.45, 7) is 0. The van der Waals surface area contributed by atoms with Crippen LogP contribution in [0.3, 0.4) is 0 Å². The highest BCUT2D eigenvalue weighted by Crippen LogP contribution is 2.28. The van der Waals surface area contributed by atoms with Crippen molar-refractivity contribution in [1.82, 2.24) is 10.2 Å². The van der Waals surface area contributed by atoms with E-state index in [1.165, 1.54) is 49.6 Å². The zero-order valence-electron chi connectivity index (χ0n) is 14.1. The van der Waals surface area contributed by atoms with Crippen molar-refractivity contribution in [3.05, 3.63) is 60.0 Å². The van der Waals surface area contributed by atoms with E-state index in [4.69, 9.17) is 9.88 Å². The monoisotopic (exact) mass is 390 g/mol. The number of anilines is 1. The zero-order chi connectivity index (χ0) is 19.6. The van der Waals surface area contributed by atoms with E-state index in [1.54, 1.807) is 6.07 Å². The lowest BCUT2D eigenvalue weighted by molar-refractivity contribution is 0.102. The Hall–Kier alpha value is -3.24. The lowest BCUT2D eigenvalue weighted by Gasteiger charge is -2.07. The normalized spacial score (nSPS) is 11.2. The Morgan fingerprint density at radius 2 is 1.89 bits per heavy atom. The summed E-state index contributed by atoms with van der Waals surface area (Å²) in [4.78, 5) is 12.1. The lowest BCUT2D eigenvalue weighted by Crippen LogP contribution is -2.13. The van der Waals surface area contributed by atoms with E-state index in [-0.39, 0.29) is 16.3 Å². The molecule has 0 aliphatic rings. The first-order valence-corrected chi connectivity index (χ1v) is 9.16. The van der Waals surface area contributed by atoms with Crippen LogP contribution in [0.1, 0.15) is 10.5 Å². The van der Waals surface area contributed by atoms with Gasteiger partial charge in [0.15, 0.2) is 0 Å². The number of halogens is 1. The number of sulfonamides is 1. The number of hydrogen-bond acceptors (Lipinski definition) is 5. The highest BCUT2D eigenvalue weighted by atomic mass is 32.2. The van der Waals surface area contributed by atoms with Gasteiger partial charge in [0, 0.05) is 11.3 Å². The molecule has 0 fully saturated rings. The molecule has 0 bridgehead atoms. The SMILES string of the molecule is COc1ccc(-c2cc(C(=O)Nc3ccc(F)cc3)[nH]n2)cc1S(N)(=O)=O. The molecular weight excluding hydrogens is 375 g/mol. The van der Waals surface area contributed by atoms with Crippen LogP contribution in [0.4, 0.5) is 10.1 Å². The van der Waals surface area contributed by atoms with Gasteiger partial charge < -0.3 is 10.1 Å². The smallest absolute Gasteiger partial charge is 0.273 e. The van der Waals surface area contributed by atoms with Gasteiger partial charge in [0.05, 0.1) is 12.8 Å². The third-order valence-corrected chi connectivity index (χ3v) is 4.62. The van der Waals surface area contributed by atoms with E-state index in [0.29, 0.717) is 16.9 Å². The van der Waals surface area contributed by atoms with Crippen molar-refractivity contribution in [3.8, 4) is 17.0 Å². The molecule has 10 heteroatoms. The number of carbonyl (C=O) groups excluding carboxylic acids is 1. The van der Waals surface area contributed by atoms with Crippen LogP contribution >= 0.6 is 0 Å². The van der Waals surface area contributed by atoms with Crippen molar-refractivity contribution in [3.63, 3.8) is 0 Å². The number of nitrogens with one attached hydrogen (secondary N) is 2. The molecule has 0 unspecified atom stereocenters. The molecule has 1 heterocycles. The largest absolute Gasteiger partial charge is 0.495 e. The van der Waals surface area contributed by atoms with E-state index in [2.05, 4.69) is 15.5 Å². The summed E-state index contributed by atoms with van der Waals surface area (Å²) in [7, 11) is -2.67.